The Labute approximate surface area is 223 Å². The molecule has 1 heterocycles. The molecule has 10 nitrogen and oxygen atoms in total. The molecule has 2 N–H and O–H groups in total. The summed E-state index contributed by atoms with van der Waals surface area (Å²) in [6.45, 7) is 9.94. The Kier molecular flexibility index (Phi) is 10.7. The zero-order chi connectivity index (χ0) is 27.5. The molecule has 0 aromatic heterocycles. The second-order valence-corrected chi connectivity index (χ2v) is 9.22. The average molecular weight is 525 g/mol. The fourth-order valence-corrected chi connectivity index (χ4v) is 3.74. The van der Waals surface area contributed by atoms with E-state index < -0.39 is 11.9 Å². The number of hydrogen-bond acceptors (Lipinski definition) is 7. The highest BCUT2D eigenvalue weighted by atomic mass is 16.5. The Morgan fingerprint density at radius 1 is 1.05 bits per heavy atom. The lowest BCUT2D eigenvalue weighted by molar-refractivity contribution is -0.137. The standard InChI is InChI=1S/C28H36N4O6/c1-5-37-24-16-21(8-11-23(24)38-18-25(33)32-12-14-36-15-13-32)17-29-31-28(35)26(19(2)3)30-27(34)22-9-6-20(4)7-10-22/h6-11,16-17,19,26H,5,12-15,18H2,1-4H3,(H,30,34)(H,31,35)/b29-17-. The lowest BCUT2D eigenvalue weighted by atomic mass is 10.0. The van der Waals surface area contributed by atoms with E-state index in [1.165, 1.54) is 6.21 Å². The first-order valence-electron chi connectivity index (χ1n) is 12.7. The van der Waals surface area contributed by atoms with E-state index in [-0.39, 0.29) is 24.3 Å². The zero-order valence-corrected chi connectivity index (χ0v) is 22.4. The normalized spacial score (nSPS) is 14.3. The molecule has 1 atom stereocenters. The van der Waals surface area contributed by atoms with E-state index in [0.29, 0.717) is 55.5 Å². The van der Waals surface area contributed by atoms with Gasteiger partial charge in [-0.25, -0.2) is 5.43 Å². The van der Waals surface area contributed by atoms with Crippen LogP contribution in [-0.2, 0) is 14.3 Å². The van der Waals surface area contributed by atoms with Crippen molar-refractivity contribution in [2.24, 2.45) is 11.0 Å². The molecule has 2 aromatic carbocycles. The number of carbonyl (C=O) groups is 3. The van der Waals surface area contributed by atoms with Crippen LogP contribution in [-0.4, -0.2) is 74.4 Å². The Hall–Kier alpha value is -3.92. The van der Waals surface area contributed by atoms with Crippen molar-refractivity contribution in [3.8, 4) is 11.5 Å². The first kappa shape index (κ1) is 28.6. The Morgan fingerprint density at radius 2 is 1.76 bits per heavy atom. The largest absolute Gasteiger partial charge is 0.490 e. The molecule has 10 heteroatoms. The molecular formula is C28H36N4O6. The van der Waals surface area contributed by atoms with Crippen molar-refractivity contribution in [2.45, 2.75) is 33.7 Å². The number of nitrogens with one attached hydrogen (secondary N) is 2. The smallest absolute Gasteiger partial charge is 0.262 e. The highest BCUT2D eigenvalue weighted by molar-refractivity contribution is 5.97. The first-order chi connectivity index (χ1) is 18.3. The number of benzene rings is 2. The molecule has 0 aliphatic carbocycles. The third kappa shape index (κ3) is 8.31. The van der Waals surface area contributed by atoms with Gasteiger partial charge < -0.3 is 24.4 Å². The average Bonchev–Trinajstić information content (AvgIpc) is 2.91. The van der Waals surface area contributed by atoms with Gasteiger partial charge in [0.05, 0.1) is 26.0 Å². The Bertz CT molecular complexity index is 1130. The van der Waals surface area contributed by atoms with Gasteiger partial charge in [-0.05, 0) is 55.7 Å². The molecule has 38 heavy (non-hydrogen) atoms. The predicted molar refractivity (Wildman–Crippen MR) is 144 cm³/mol. The van der Waals surface area contributed by atoms with Crippen LogP contribution in [0.4, 0.5) is 0 Å². The topological polar surface area (TPSA) is 119 Å². The number of ether oxygens (including phenoxy) is 3. The lowest BCUT2D eigenvalue weighted by Gasteiger charge is -2.26. The lowest BCUT2D eigenvalue weighted by Crippen LogP contribution is -2.48. The predicted octanol–water partition coefficient (Wildman–Crippen LogP) is 2.54. The van der Waals surface area contributed by atoms with Gasteiger partial charge in [-0.2, -0.15) is 5.10 Å². The quantitative estimate of drug-likeness (QED) is 0.345. The van der Waals surface area contributed by atoms with Gasteiger partial charge in [-0.1, -0.05) is 31.5 Å². The maximum atomic E-state index is 12.8. The number of hydrazone groups is 1. The monoisotopic (exact) mass is 524 g/mol. The van der Waals surface area contributed by atoms with E-state index >= 15 is 0 Å². The molecule has 1 fully saturated rings. The summed E-state index contributed by atoms with van der Waals surface area (Å²) in [6, 6.07) is 11.5. The summed E-state index contributed by atoms with van der Waals surface area (Å²) in [5.74, 6) is -0.120. The molecule has 3 rings (SSSR count). The van der Waals surface area contributed by atoms with Crippen molar-refractivity contribution in [2.75, 3.05) is 39.5 Å². The van der Waals surface area contributed by atoms with Crippen LogP contribution in [0.5, 0.6) is 11.5 Å². The van der Waals surface area contributed by atoms with E-state index in [4.69, 9.17) is 14.2 Å². The third-order valence-electron chi connectivity index (χ3n) is 5.92. The molecular weight excluding hydrogens is 488 g/mol. The van der Waals surface area contributed by atoms with Crippen molar-refractivity contribution in [1.29, 1.82) is 0 Å². The van der Waals surface area contributed by atoms with E-state index in [0.717, 1.165) is 5.56 Å². The zero-order valence-electron chi connectivity index (χ0n) is 22.4. The minimum Gasteiger partial charge on any atom is -0.490 e. The molecule has 0 bridgehead atoms. The second-order valence-electron chi connectivity index (χ2n) is 9.22. The highest BCUT2D eigenvalue weighted by Gasteiger charge is 2.24. The molecule has 204 valence electrons. The fourth-order valence-electron chi connectivity index (χ4n) is 3.74. The van der Waals surface area contributed by atoms with Gasteiger partial charge in [-0.3, -0.25) is 14.4 Å². The van der Waals surface area contributed by atoms with Crippen LogP contribution >= 0.6 is 0 Å². The summed E-state index contributed by atoms with van der Waals surface area (Å²) >= 11 is 0. The number of nitrogens with zero attached hydrogens (tertiary/aromatic N) is 2. The van der Waals surface area contributed by atoms with Gasteiger partial charge in [0, 0.05) is 18.7 Å². The molecule has 0 radical (unpaired) electrons. The summed E-state index contributed by atoms with van der Waals surface area (Å²) in [5, 5.41) is 6.84. The maximum Gasteiger partial charge on any atom is 0.262 e. The molecule has 1 saturated heterocycles. The van der Waals surface area contributed by atoms with Gasteiger partial charge in [0.2, 0.25) is 0 Å². The summed E-state index contributed by atoms with van der Waals surface area (Å²) in [7, 11) is 0. The number of amides is 3. The van der Waals surface area contributed by atoms with Gasteiger partial charge in [0.25, 0.3) is 17.7 Å². The molecule has 1 aliphatic heterocycles. The van der Waals surface area contributed by atoms with E-state index in [2.05, 4.69) is 15.8 Å². The van der Waals surface area contributed by atoms with E-state index in [9.17, 15) is 14.4 Å². The minimum atomic E-state index is -0.764. The Morgan fingerprint density at radius 3 is 2.42 bits per heavy atom. The number of carbonyl (C=O) groups excluding carboxylic acids is 3. The van der Waals surface area contributed by atoms with Gasteiger partial charge in [0.1, 0.15) is 6.04 Å². The second kappa shape index (κ2) is 14.1. The molecule has 2 aromatic rings. The van der Waals surface area contributed by atoms with Crippen LogP contribution in [0.15, 0.2) is 47.6 Å². The van der Waals surface area contributed by atoms with Gasteiger partial charge >= 0.3 is 0 Å². The Balaban J connectivity index is 1.59. The van der Waals surface area contributed by atoms with Gasteiger partial charge in [-0.15, -0.1) is 0 Å². The van der Waals surface area contributed by atoms with E-state index in [1.807, 2.05) is 39.8 Å². The van der Waals surface area contributed by atoms with Crippen LogP contribution < -0.4 is 20.2 Å². The van der Waals surface area contributed by atoms with Crippen LogP contribution in [0.1, 0.15) is 42.3 Å². The van der Waals surface area contributed by atoms with Crippen molar-refractivity contribution in [3.63, 3.8) is 0 Å². The van der Waals surface area contributed by atoms with Crippen molar-refractivity contribution < 1.29 is 28.6 Å². The number of aryl methyl sites for hydroxylation is 1. The van der Waals surface area contributed by atoms with Crippen LogP contribution in [0, 0.1) is 12.8 Å². The van der Waals surface area contributed by atoms with Crippen LogP contribution in [0.25, 0.3) is 0 Å². The van der Waals surface area contributed by atoms with Crippen LogP contribution in [0.2, 0.25) is 0 Å². The van der Waals surface area contributed by atoms with Crippen molar-refractivity contribution in [1.82, 2.24) is 15.6 Å². The molecule has 0 saturated carbocycles. The number of hydrogen-bond donors (Lipinski definition) is 2. The first-order valence-corrected chi connectivity index (χ1v) is 12.7. The summed E-state index contributed by atoms with van der Waals surface area (Å²) < 4.78 is 16.7. The molecule has 0 spiro atoms. The van der Waals surface area contributed by atoms with Gasteiger partial charge in [0.15, 0.2) is 18.1 Å². The summed E-state index contributed by atoms with van der Waals surface area (Å²) in [4.78, 5) is 39.5. The summed E-state index contributed by atoms with van der Waals surface area (Å²) in [6.07, 6.45) is 1.47. The summed E-state index contributed by atoms with van der Waals surface area (Å²) in [5.41, 5.74) is 4.69. The highest BCUT2D eigenvalue weighted by Crippen LogP contribution is 2.28. The minimum absolute atomic E-state index is 0.103. The van der Waals surface area contributed by atoms with E-state index in [1.54, 1.807) is 35.2 Å². The van der Waals surface area contributed by atoms with Crippen molar-refractivity contribution in [3.05, 3.63) is 59.2 Å². The molecule has 1 unspecified atom stereocenters. The maximum absolute atomic E-state index is 12.8. The number of morpholine rings is 1. The fraction of sp³-hybridized carbons (Fsp3) is 0.429. The van der Waals surface area contributed by atoms with Crippen LogP contribution in [0.3, 0.4) is 0 Å². The third-order valence-corrected chi connectivity index (χ3v) is 5.92. The SMILES string of the molecule is CCOc1cc(/C=N\NC(=O)C(NC(=O)c2ccc(C)cc2)C(C)C)ccc1OCC(=O)N1CCOCC1. The van der Waals surface area contributed by atoms with Crippen molar-refractivity contribution >= 4 is 23.9 Å². The molecule has 1 aliphatic rings. The molecule has 3 amide bonds. The number of rotatable bonds is 11.